The summed E-state index contributed by atoms with van der Waals surface area (Å²) in [5.41, 5.74) is 1.87. The Morgan fingerprint density at radius 3 is 2.24 bits per heavy atom. The lowest BCUT2D eigenvalue weighted by atomic mass is 9.88. The van der Waals surface area contributed by atoms with Crippen molar-refractivity contribution in [3.8, 4) is 0 Å². The van der Waals surface area contributed by atoms with Gasteiger partial charge in [0.2, 0.25) is 0 Å². The van der Waals surface area contributed by atoms with Crippen LogP contribution in [0.1, 0.15) is 31.2 Å². The Labute approximate surface area is 151 Å². The average molecular weight is 345 g/mol. The SMILES string of the molecule is CN=C(NCC1(c2ccccc2)CC1)NCC1(N(C)C)CCOCC1. The number of aliphatic imine (C=N–C) groups is 1. The van der Waals surface area contributed by atoms with E-state index in [1.54, 1.807) is 0 Å². The Morgan fingerprint density at radius 2 is 1.68 bits per heavy atom. The van der Waals surface area contributed by atoms with E-state index in [1.165, 1.54) is 18.4 Å². The zero-order chi connectivity index (χ0) is 17.8. The first kappa shape index (κ1) is 18.2. The van der Waals surface area contributed by atoms with Gasteiger partial charge < -0.3 is 20.3 Å². The van der Waals surface area contributed by atoms with Gasteiger partial charge in [0.15, 0.2) is 5.96 Å². The largest absolute Gasteiger partial charge is 0.381 e. The minimum Gasteiger partial charge on any atom is -0.381 e. The molecule has 0 aromatic heterocycles. The summed E-state index contributed by atoms with van der Waals surface area (Å²) >= 11 is 0. The van der Waals surface area contributed by atoms with Crippen LogP contribution >= 0.6 is 0 Å². The molecule has 0 amide bonds. The first-order valence-electron chi connectivity index (χ1n) is 9.36. The number of hydrogen-bond acceptors (Lipinski definition) is 3. The smallest absolute Gasteiger partial charge is 0.191 e. The lowest BCUT2D eigenvalue weighted by Gasteiger charge is -2.43. The van der Waals surface area contributed by atoms with Crippen LogP contribution in [0.5, 0.6) is 0 Å². The van der Waals surface area contributed by atoms with E-state index in [-0.39, 0.29) is 11.0 Å². The maximum Gasteiger partial charge on any atom is 0.191 e. The van der Waals surface area contributed by atoms with Crippen molar-refractivity contribution in [3.05, 3.63) is 35.9 Å². The number of ether oxygens (including phenoxy) is 1. The molecule has 138 valence electrons. The van der Waals surface area contributed by atoms with Gasteiger partial charge in [-0.2, -0.15) is 0 Å². The molecule has 0 bridgehead atoms. The van der Waals surface area contributed by atoms with Gasteiger partial charge in [-0.05, 0) is 45.3 Å². The molecule has 3 rings (SSSR count). The number of nitrogens with one attached hydrogen (secondary N) is 2. The predicted octanol–water partition coefficient (Wildman–Crippen LogP) is 1.99. The van der Waals surface area contributed by atoms with Gasteiger partial charge in [-0.15, -0.1) is 0 Å². The van der Waals surface area contributed by atoms with Crippen molar-refractivity contribution in [1.82, 2.24) is 15.5 Å². The Hall–Kier alpha value is -1.59. The zero-order valence-electron chi connectivity index (χ0n) is 15.8. The standard InChI is InChI=1S/C20H32N4O/c1-21-18(23-16-20(24(2)3)11-13-25-14-12-20)22-15-19(9-10-19)17-7-5-4-6-8-17/h4-8H,9-16H2,1-3H3,(H2,21,22,23). The molecule has 0 radical (unpaired) electrons. The molecule has 1 aromatic carbocycles. The molecule has 2 aliphatic rings. The van der Waals surface area contributed by atoms with E-state index in [4.69, 9.17) is 4.74 Å². The van der Waals surface area contributed by atoms with Crippen LogP contribution < -0.4 is 10.6 Å². The normalized spacial score (nSPS) is 21.8. The Morgan fingerprint density at radius 1 is 1.04 bits per heavy atom. The van der Waals surface area contributed by atoms with E-state index in [2.05, 4.69) is 65.0 Å². The zero-order valence-corrected chi connectivity index (χ0v) is 15.8. The van der Waals surface area contributed by atoms with Gasteiger partial charge in [-0.25, -0.2) is 0 Å². The van der Waals surface area contributed by atoms with Crippen molar-refractivity contribution < 1.29 is 4.74 Å². The van der Waals surface area contributed by atoms with Crippen LogP contribution in [0.25, 0.3) is 0 Å². The number of benzene rings is 1. The fraction of sp³-hybridized carbons (Fsp3) is 0.650. The lowest BCUT2D eigenvalue weighted by molar-refractivity contribution is -0.00501. The summed E-state index contributed by atoms with van der Waals surface area (Å²) < 4.78 is 5.56. The third-order valence-corrected chi connectivity index (χ3v) is 6.01. The topological polar surface area (TPSA) is 48.9 Å². The molecule has 1 heterocycles. The number of hydrogen-bond donors (Lipinski definition) is 2. The van der Waals surface area contributed by atoms with Crippen LogP contribution in [0.3, 0.4) is 0 Å². The van der Waals surface area contributed by atoms with Gasteiger partial charge in [0.05, 0.1) is 0 Å². The highest BCUT2D eigenvalue weighted by Gasteiger charge is 2.44. The van der Waals surface area contributed by atoms with E-state index in [0.717, 1.165) is 45.1 Å². The second-order valence-electron chi connectivity index (χ2n) is 7.66. The summed E-state index contributed by atoms with van der Waals surface area (Å²) in [6.07, 6.45) is 4.61. The molecular weight excluding hydrogens is 312 g/mol. The van der Waals surface area contributed by atoms with Crippen molar-refractivity contribution in [3.63, 3.8) is 0 Å². The molecule has 0 atom stereocenters. The van der Waals surface area contributed by atoms with Gasteiger partial charge in [0, 0.05) is 44.3 Å². The van der Waals surface area contributed by atoms with Crippen LogP contribution in [0.15, 0.2) is 35.3 Å². The van der Waals surface area contributed by atoms with Crippen LogP contribution in [0, 0.1) is 0 Å². The molecule has 25 heavy (non-hydrogen) atoms. The number of guanidine groups is 1. The molecule has 5 heteroatoms. The fourth-order valence-corrected chi connectivity index (χ4v) is 3.77. The summed E-state index contributed by atoms with van der Waals surface area (Å²) in [7, 11) is 6.18. The van der Waals surface area contributed by atoms with E-state index in [9.17, 15) is 0 Å². The number of likely N-dealkylation sites (N-methyl/N-ethyl adjacent to an activating group) is 1. The van der Waals surface area contributed by atoms with E-state index >= 15 is 0 Å². The summed E-state index contributed by atoms with van der Waals surface area (Å²) in [5.74, 6) is 0.898. The maximum atomic E-state index is 5.56. The number of rotatable bonds is 6. The second-order valence-corrected chi connectivity index (χ2v) is 7.66. The highest BCUT2D eigenvalue weighted by atomic mass is 16.5. The Bertz CT molecular complexity index is 575. The lowest BCUT2D eigenvalue weighted by Crippen LogP contribution is -2.57. The molecule has 1 saturated heterocycles. The van der Waals surface area contributed by atoms with Crippen molar-refractivity contribution in [1.29, 1.82) is 0 Å². The first-order chi connectivity index (χ1) is 12.1. The van der Waals surface area contributed by atoms with Gasteiger partial charge in [-0.3, -0.25) is 4.99 Å². The van der Waals surface area contributed by atoms with E-state index < -0.39 is 0 Å². The van der Waals surface area contributed by atoms with Crippen LogP contribution in [-0.4, -0.2) is 63.8 Å². The summed E-state index contributed by atoms with van der Waals surface area (Å²) in [4.78, 5) is 6.77. The first-order valence-corrected chi connectivity index (χ1v) is 9.36. The van der Waals surface area contributed by atoms with Crippen molar-refractivity contribution in [2.24, 2.45) is 4.99 Å². The highest BCUT2D eigenvalue weighted by molar-refractivity contribution is 5.80. The second kappa shape index (κ2) is 7.75. The summed E-state index contributed by atoms with van der Waals surface area (Å²) in [6.45, 7) is 3.50. The van der Waals surface area contributed by atoms with Crippen LogP contribution in [-0.2, 0) is 10.2 Å². The van der Waals surface area contributed by atoms with Gasteiger partial charge in [0.1, 0.15) is 0 Å². The molecule has 2 N–H and O–H groups in total. The predicted molar refractivity (Wildman–Crippen MR) is 103 cm³/mol. The van der Waals surface area contributed by atoms with Crippen molar-refractivity contribution in [2.75, 3.05) is 47.4 Å². The van der Waals surface area contributed by atoms with Gasteiger partial charge >= 0.3 is 0 Å². The molecular formula is C20H32N4O. The average Bonchev–Trinajstić information content (AvgIpc) is 3.44. The minimum atomic E-state index is 0.145. The molecule has 2 fully saturated rings. The van der Waals surface area contributed by atoms with Crippen molar-refractivity contribution >= 4 is 5.96 Å². The molecule has 0 unspecified atom stereocenters. The fourth-order valence-electron chi connectivity index (χ4n) is 3.77. The third-order valence-electron chi connectivity index (χ3n) is 6.01. The summed E-state index contributed by atoms with van der Waals surface area (Å²) in [5, 5.41) is 7.11. The van der Waals surface area contributed by atoms with Crippen LogP contribution in [0.4, 0.5) is 0 Å². The maximum absolute atomic E-state index is 5.56. The molecule has 1 aliphatic heterocycles. The van der Waals surface area contributed by atoms with Crippen molar-refractivity contribution in [2.45, 2.75) is 36.6 Å². The van der Waals surface area contributed by atoms with E-state index in [1.807, 2.05) is 7.05 Å². The van der Waals surface area contributed by atoms with E-state index in [0.29, 0.717) is 0 Å². The molecule has 1 aromatic rings. The molecule has 1 saturated carbocycles. The molecule has 0 spiro atoms. The van der Waals surface area contributed by atoms with Gasteiger partial charge in [-0.1, -0.05) is 30.3 Å². The van der Waals surface area contributed by atoms with Crippen LogP contribution in [0.2, 0.25) is 0 Å². The third kappa shape index (κ3) is 4.15. The van der Waals surface area contributed by atoms with Gasteiger partial charge in [0.25, 0.3) is 0 Å². The summed E-state index contributed by atoms with van der Waals surface area (Å²) in [6, 6.07) is 10.8. The Balaban J connectivity index is 1.55. The molecule has 1 aliphatic carbocycles. The minimum absolute atomic E-state index is 0.145. The number of nitrogens with zero attached hydrogens (tertiary/aromatic N) is 2. The quantitative estimate of drug-likeness (QED) is 0.612. The monoisotopic (exact) mass is 344 g/mol. The molecule has 5 nitrogen and oxygen atoms in total. The highest BCUT2D eigenvalue weighted by Crippen LogP contribution is 2.47. The Kier molecular flexibility index (Phi) is 5.64.